The molecule has 0 saturated carbocycles. The van der Waals surface area contributed by atoms with Crippen molar-refractivity contribution in [1.29, 1.82) is 0 Å². The van der Waals surface area contributed by atoms with E-state index in [1.807, 2.05) is 30.6 Å². The molecule has 0 radical (unpaired) electrons. The third kappa shape index (κ3) is 2.64. The van der Waals surface area contributed by atoms with E-state index in [1.165, 1.54) is 11.3 Å². The van der Waals surface area contributed by atoms with Gasteiger partial charge in [-0.05, 0) is 13.0 Å². The van der Waals surface area contributed by atoms with Crippen LogP contribution in [-0.2, 0) is 4.74 Å². The number of aromatic nitrogens is 1. The second kappa shape index (κ2) is 5.79. The summed E-state index contributed by atoms with van der Waals surface area (Å²) in [5.74, 6) is 0.616. The first-order valence-corrected chi connectivity index (χ1v) is 8.41. The van der Waals surface area contributed by atoms with Crippen molar-refractivity contribution in [3.05, 3.63) is 45.7 Å². The van der Waals surface area contributed by atoms with Crippen molar-refractivity contribution < 1.29 is 9.15 Å². The average molecular weight is 328 g/mol. The summed E-state index contributed by atoms with van der Waals surface area (Å²) in [6, 6.07) is 5.55. The first kappa shape index (κ1) is 14.4. The average Bonchev–Trinajstić information content (AvgIpc) is 3.01. The van der Waals surface area contributed by atoms with Crippen LogP contribution in [0.5, 0.6) is 0 Å². The lowest BCUT2D eigenvalue weighted by Crippen LogP contribution is -2.36. The second-order valence-electron chi connectivity index (χ2n) is 5.54. The van der Waals surface area contributed by atoms with Gasteiger partial charge in [0.25, 0.3) is 0 Å². The molecule has 3 aromatic rings. The zero-order valence-electron chi connectivity index (χ0n) is 12.7. The van der Waals surface area contributed by atoms with Gasteiger partial charge in [0.2, 0.25) is 5.43 Å². The van der Waals surface area contributed by atoms with Crippen LogP contribution < -0.4 is 10.3 Å². The highest BCUT2D eigenvalue weighted by molar-refractivity contribution is 7.17. The zero-order chi connectivity index (χ0) is 15.8. The predicted molar refractivity (Wildman–Crippen MR) is 91.4 cm³/mol. The number of thiophene rings is 1. The van der Waals surface area contributed by atoms with Crippen molar-refractivity contribution in [2.45, 2.75) is 6.92 Å². The van der Waals surface area contributed by atoms with Crippen LogP contribution in [0.25, 0.3) is 21.4 Å². The van der Waals surface area contributed by atoms with E-state index in [0.29, 0.717) is 29.4 Å². The van der Waals surface area contributed by atoms with Gasteiger partial charge >= 0.3 is 0 Å². The van der Waals surface area contributed by atoms with E-state index in [2.05, 4.69) is 9.88 Å². The van der Waals surface area contributed by atoms with Gasteiger partial charge in [-0.1, -0.05) is 6.07 Å². The maximum Gasteiger partial charge on any atom is 0.204 e. The van der Waals surface area contributed by atoms with Crippen LogP contribution in [0.3, 0.4) is 0 Å². The highest BCUT2D eigenvalue weighted by atomic mass is 32.1. The Morgan fingerprint density at radius 3 is 2.83 bits per heavy atom. The van der Waals surface area contributed by atoms with Crippen LogP contribution in [0.15, 0.2) is 39.0 Å². The molecule has 0 spiro atoms. The van der Waals surface area contributed by atoms with E-state index in [-0.39, 0.29) is 5.43 Å². The summed E-state index contributed by atoms with van der Waals surface area (Å²) in [6.07, 6.45) is 1.82. The Hall–Kier alpha value is -2.18. The van der Waals surface area contributed by atoms with E-state index in [4.69, 9.17) is 9.15 Å². The first-order valence-electron chi connectivity index (χ1n) is 7.53. The molecule has 1 fully saturated rings. The van der Waals surface area contributed by atoms with Gasteiger partial charge in [-0.15, -0.1) is 11.3 Å². The molecule has 118 valence electrons. The summed E-state index contributed by atoms with van der Waals surface area (Å²) in [5.41, 5.74) is 3.50. The molecule has 6 heteroatoms. The van der Waals surface area contributed by atoms with E-state index in [0.717, 1.165) is 29.9 Å². The molecule has 23 heavy (non-hydrogen) atoms. The Kier molecular flexibility index (Phi) is 3.63. The highest BCUT2D eigenvalue weighted by Gasteiger charge is 2.18. The molecule has 3 aromatic heterocycles. The molecule has 1 aliphatic rings. The largest absolute Gasteiger partial charge is 0.439 e. The minimum Gasteiger partial charge on any atom is -0.439 e. The second-order valence-corrected chi connectivity index (χ2v) is 6.42. The molecular weight excluding hydrogens is 312 g/mol. The van der Waals surface area contributed by atoms with Crippen molar-refractivity contribution in [2.75, 3.05) is 31.2 Å². The molecule has 0 N–H and O–H groups in total. The van der Waals surface area contributed by atoms with Gasteiger partial charge in [0, 0.05) is 47.6 Å². The van der Waals surface area contributed by atoms with Gasteiger partial charge in [0.05, 0.1) is 13.2 Å². The lowest BCUT2D eigenvalue weighted by molar-refractivity contribution is 0.121. The fourth-order valence-corrected chi connectivity index (χ4v) is 3.61. The standard InChI is InChI=1S/C17H16N2O3S/c1-11-2-3-12(9-18-11)13-10-23-17-14(20)8-15(22-16(13)17)19-4-6-21-7-5-19/h2-3,8-10H,4-7H2,1H3. The molecule has 0 atom stereocenters. The van der Waals surface area contributed by atoms with Crippen LogP contribution in [0.4, 0.5) is 5.88 Å². The summed E-state index contributed by atoms with van der Waals surface area (Å²) >= 11 is 1.42. The van der Waals surface area contributed by atoms with Crippen LogP contribution in [0.2, 0.25) is 0 Å². The fraction of sp³-hybridized carbons (Fsp3) is 0.294. The van der Waals surface area contributed by atoms with Gasteiger partial charge in [-0.3, -0.25) is 9.78 Å². The maximum atomic E-state index is 12.4. The SMILES string of the molecule is Cc1ccc(-c2csc3c(=O)cc(N4CCOCC4)oc23)cn1. The normalized spacial score (nSPS) is 15.3. The number of aryl methyl sites for hydroxylation is 1. The summed E-state index contributed by atoms with van der Waals surface area (Å²) in [7, 11) is 0. The molecule has 5 nitrogen and oxygen atoms in total. The number of rotatable bonds is 2. The minimum absolute atomic E-state index is 0.00376. The molecule has 4 heterocycles. The summed E-state index contributed by atoms with van der Waals surface area (Å²) in [6.45, 7) is 4.73. The molecule has 0 aromatic carbocycles. The van der Waals surface area contributed by atoms with Crippen molar-refractivity contribution in [3.8, 4) is 11.1 Å². The number of ether oxygens (including phenoxy) is 1. The van der Waals surface area contributed by atoms with Gasteiger partial charge in [-0.2, -0.15) is 0 Å². The molecular formula is C17H16N2O3S. The van der Waals surface area contributed by atoms with Crippen molar-refractivity contribution >= 4 is 27.5 Å². The highest BCUT2D eigenvalue weighted by Crippen LogP contribution is 2.34. The Labute approximate surface area is 137 Å². The monoisotopic (exact) mass is 328 g/mol. The van der Waals surface area contributed by atoms with E-state index >= 15 is 0 Å². The topological polar surface area (TPSA) is 55.6 Å². The Balaban J connectivity index is 1.84. The van der Waals surface area contributed by atoms with Crippen LogP contribution in [0, 0.1) is 6.92 Å². The Morgan fingerprint density at radius 2 is 2.09 bits per heavy atom. The number of nitrogens with zero attached hydrogens (tertiary/aromatic N) is 2. The lowest BCUT2D eigenvalue weighted by atomic mass is 10.1. The van der Waals surface area contributed by atoms with Crippen molar-refractivity contribution in [1.82, 2.24) is 4.98 Å². The third-order valence-corrected chi connectivity index (χ3v) is 4.95. The van der Waals surface area contributed by atoms with Crippen molar-refractivity contribution in [3.63, 3.8) is 0 Å². The number of pyridine rings is 1. The van der Waals surface area contributed by atoms with E-state index in [9.17, 15) is 4.79 Å². The zero-order valence-corrected chi connectivity index (χ0v) is 13.6. The fourth-order valence-electron chi connectivity index (χ4n) is 2.70. The summed E-state index contributed by atoms with van der Waals surface area (Å²) in [5, 5.41) is 1.96. The van der Waals surface area contributed by atoms with Gasteiger partial charge in [0.15, 0.2) is 11.5 Å². The maximum absolute atomic E-state index is 12.4. The van der Waals surface area contributed by atoms with E-state index in [1.54, 1.807) is 6.07 Å². The van der Waals surface area contributed by atoms with Crippen LogP contribution >= 0.6 is 11.3 Å². The molecule has 1 aliphatic heterocycles. The van der Waals surface area contributed by atoms with Crippen LogP contribution in [0.1, 0.15) is 5.69 Å². The molecule has 0 unspecified atom stereocenters. The van der Waals surface area contributed by atoms with Gasteiger partial charge in [0.1, 0.15) is 4.70 Å². The number of anilines is 1. The summed E-state index contributed by atoms with van der Waals surface area (Å²) in [4.78, 5) is 18.8. The van der Waals surface area contributed by atoms with E-state index < -0.39 is 0 Å². The molecule has 4 rings (SSSR count). The molecule has 0 aliphatic carbocycles. The molecule has 1 saturated heterocycles. The Bertz CT molecular complexity index is 892. The molecule has 0 bridgehead atoms. The Morgan fingerprint density at radius 1 is 1.26 bits per heavy atom. The van der Waals surface area contributed by atoms with Crippen molar-refractivity contribution in [2.24, 2.45) is 0 Å². The molecule has 0 amide bonds. The number of morpholine rings is 1. The third-order valence-electron chi connectivity index (χ3n) is 3.98. The summed E-state index contributed by atoms with van der Waals surface area (Å²) < 4.78 is 12.1. The van der Waals surface area contributed by atoms with Crippen LogP contribution in [-0.4, -0.2) is 31.3 Å². The number of fused-ring (bicyclic) bond motifs is 1. The predicted octanol–water partition coefficient (Wildman–Crippen LogP) is 3.06. The van der Waals surface area contributed by atoms with Gasteiger partial charge < -0.3 is 14.1 Å². The number of hydrogen-bond donors (Lipinski definition) is 0. The number of hydrogen-bond acceptors (Lipinski definition) is 6. The smallest absolute Gasteiger partial charge is 0.204 e. The lowest BCUT2D eigenvalue weighted by Gasteiger charge is -2.27. The first-order chi connectivity index (χ1) is 11.2. The quantitative estimate of drug-likeness (QED) is 0.724. The van der Waals surface area contributed by atoms with Gasteiger partial charge in [-0.25, -0.2) is 0 Å². The minimum atomic E-state index is 0.00376.